The number of fused-ring (bicyclic) bond motifs is 2. The molecule has 204 valence electrons. The third-order valence-electron chi connectivity index (χ3n) is 7.75. The van der Waals surface area contributed by atoms with Crippen LogP contribution >= 0.6 is 11.6 Å². The van der Waals surface area contributed by atoms with E-state index in [4.69, 9.17) is 21.3 Å². The second kappa shape index (κ2) is 10.7. The number of hydrogen-bond acceptors (Lipinski definition) is 6. The largest absolute Gasteiger partial charge is 0.454 e. The van der Waals surface area contributed by atoms with Gasteiger partial charge in [-0.1, -0.05) is 72.3 Å². The Bertz CT molecular complexity index is 1720. The topological polar surface area (TPSA) is 93.6 Å². The van der Waals surface area contributed by atoms with Crippen molar-refractivity contribution in [2.45, 2.75) is 19.8 Å². The number of ketones is 1. The van der Waals surface area contributed by atoms with E-state index in [9.17, 15) is 19.2 Å². The molecule has 7 nitrogen and oxygen atoms in total. The van der Waals surface area contributed by atoms with Crippen LogP contribution < -0.4 is 4.90 Å². The summed E-state index contributed by atoms with van der Waals surface area (Å²) in [6, 6.07) is 20.6. The van der Waals surface area contributed by atoms with Gasteiger partial charge >= 0.3 is 5.97 Å². The van der Waals surface area contributed by atoms with Crippen LogP contribution in [0.5, 0.6) is 0 Å². The van der Waals surface area contributed by atoms with Crippen molar-refractivity contribution in [3.63, 3.8) is 0 Å². The molecule has 2 unspecified atom stereocenters. The van der Waals surface area contributed by atoms with Gasteiger partial charge in [0.1, 0.15) is 0 Å². The van der Waals surface area contributed by atoms with Crippen LogP contribution in [0.15, 0.2) is 84.9 Å². The molecule has 6 rings (SSSR count). The van der Waals surface area contributed by atoms with E-state index in [1.165, 1.54) is 4.90 Å². The Morgan fingerprint density at radius 1 is 0.927 bits per heavy atom. The second-order valence-corrected chi connectivity index (χ2v) is 10.6. The number of halogens is 1. The normalized spacial score (nSPS) is 18.0. The molecule has 8 heteroatoms. The van der Waals surface area contributed by atoms with Crippen LogP contribution in [0.2, 0.25) is 5.02 Å². The number of ether oxygens (including phenoxy) is 1. The zero-order chi connectivity index (χ0) is 28.7. The third kappa shape index (κ3) is 4.83. The summed E-state index contributed by atoms with van der Waals surface area (Å²) < 4.78 is 5.43. The zero-order valence-electron chi connectivity index (χ0n) is 22.2. The molecule has 2 aliphatic rings. The van der Waals surface area contributed by atoms with Crippen LogP contribution in [0.1, 0.15) is 39.1 Å². The van der Waals surface area contributed by atoms with Gasteiger partial charge in [0.15, 0.2) is 12.4 Å². The highest BCUT2D eigenvalue weighted by Crippen LogP contribution is 2.38. The number of amides is 2. The van der Waals surface area contributed by atoms with E-state index in [0.29, 0.717) is 56.8 Å². The Labute approximate surface area is 241 Å². The minimum atomic E-state index is -0.661. The predicted molar refractivity (Wildman–Crippen MR) is 156 cm³/mol. The first-order valence-corrected chi connectivity index (χ1v) is 13.7. The van der Waals surface area contributed by atoms with Gasteiger partial charge in [0.2, 0.25) is 11.8 Å². The number of hydrogen-bond donors (Lipinski definition) is 0. The van der Waals surface area contributed by atoms with Crippen molar-refractivity contribution in [3.05, 3.63) is 107 Å². The van der Waals surface area contributed by atoms with Crippen LogP contribution in [-0.4, -0.2) is 35.2 Å². The molecule has 1 fully saturated rings. The van der Waals surface area contributed by atoms with Crippen molar-refractivity contribution in [1.29, 1.82) is 0 Å². The first-order valence-electron chi connectivity index (χ1n) is 13.3. The van der Waals surface area contributed by atoms with Crippen molar-refractivity contribution in [2.75, 3.05) is 11.5 Å². The number of aromatic nitrogens is 1. The minimum absolute atomic E-state index is 0.179. The summed E-state index contributed by atoms with van der Waals surface area (Å²) in [5.74, 6) is -1.96. The number of allylic oxidation sites excluding steroid dienone is 2. The van der Waals surface area contributed by atoms with E-state index in [1.807, 2.05) is 19.1 Å². The van der Waals surface area contributed by atoms with Crippen LogP contribution in [0.25, 0.3) is 22.2 Å². The highest BCUT2D eigenvalue weighted by Gasteiger charge is 2.47. The van der Waals surface area contributed by atoms with Gasteiger partial charge in [-0.2, -0.15) is 0 Å². The summed E-state index contributed by atoms with van der Waals surface area (Å²) in [5.41, 5.74) is 3.57. The molecule has 0 spiro atoms. The molecule has 2 heterocycles. The summed E-state index contributed by atoms with van der Waals surface area (Å²) in [7, 11) is 0. The number of aryl methyl sites for hydroxylation is 1. The maximum atomic E-state index is 13.3. The number of carbonyl (C=O) groups is 4. The lowest BCUT2D eigenvalue weighted by molar-refractivity contribution is -0.122. The van der Waals surface area contributed by atoms with Gasteiger partial charge in [0.05, 0.1) is 34.3 Å². The van der Waals surface area contributed by atoms with E-state index in [0.717, 1.165) is 0 Å². The van der Waals surface area contributed by atoms with E-state index in [-0.39, 0.29) is 35.0 Å². The predicted octanol–water partition coefficient (Wildman–Crippen LogP) is 6.36. The van der Waals surface area contributed by atoms with Crippen molar-refractivity contribution in [3.8, 4) is 11.3 Å². The molecule has 0 saturated carbocycles. The molecule has 3 aromatic carbocycles. The highest BCUT2D eigenvalue weighted by molar-refractivity contribution is 6.32. The fourth-order valence-electron chi connectivity index (χ4n) is 5.47. The van der Waals surface area contributed by atoms with Gasteiger partial charge in [-0.25, -0.2) is 9.78 Å². The summed E-state index contributed by atoms with van der Waals surface area (Å²) in [6.07, 6.45) is 5.06. The summed E-state index contributed by atoms with van der Waals surface area (Å²) in [5, 5.41) is 1.05. The number of nitrogens with zero attached hydrogens (tertiary/aromatic N) is 2. The van der Waals surface area contributed by atoms with Gasteiger partial charge in [-0.05, 0) is 49.6 Å². The maximum Gasteiger partial charge on any atom is 0.339 e. The number of anilines is 1. The standard InChI is InChI=1S/C33H25ClN2O5/c1-19-27(34)16-15-23-26(33(40)41-18-29(37)21-7-3-2-4-8-21)17-28(35-30(19)23)20-11-13-22(14-12-20)36-31(38)24-9-5-6-10-25(24)32(36)39/h2-8,11-17,24-25H,9-10,18H2,1H3. The molecule has 0 radical (unpaired) electrons. The number of pyridine rings is 1. The molecule has 1 saturated heterocycles. The highest BCUT2D eigenvalue weighted by atomic mass is 35.5. The van der Waals surface area contributed by atoms with Gasteiger partial charge in [-0.3, -0.25) is 19.3 Å². The number of rotatable bonds is 6. The molecule has 0 bridgehead atoms. The molecule has 4 aromatic rings. The SMILES string of the molecule is Cc1c(Cl)ccc2c(C(=O)OCC(=O)c3ccccc3)cc(-c3ccc(N4C(=O)C5CC=CCC5C4=O)cc3)nc12. The molecule has 1 aliphatic carbocycles. The Morgan fingerprint density at radius 3 is 2.24 bits per heavy atom. The van der Waals surface area contributed by atoms with E-state index in [2.05, 4.69) is 0 Å². The molecule has 2 amide bonds. The fourth-order valence-corrected chi connectivity index (χ4v) is 5.63. The first kappa shape index (κ1) is 26.6. The van der Waals surface area contributed by atoms with Gasteiger partial charge in [0.25, 0.3) is 0 Å². The summed E-state index contributed by atoms with van der Waals surface area (Å²) >= 11 is 6.39. The Morgan fingerprint density at radius 2 is 1.59 bits per heavy atom. The number of imide groups is 1. The molecular formula is C33H25ClN2O5. The van der Waals surface area contributed by atoms with Gasteiger partial charge in [0, 0.05) is 21.5 Å². The van der Waals surface area contributed by atoms with Crippen molar-refractivity contribution in [2.24, 2.45) is 11.8 Å². The molecule has 1 aromatic heterocycles. The molecule has 0 N–H and O–H groups in total. The Balaban J connectivity index is 1.32. The fraction of sp³-hybridized carbons (Fsp3) is 0.182. The van der Waals surface area contributed by atoms with Crippen LogP contribution in [0.4, 0.5) is 5.69 Å². The number of benzene rings is 3. The Hall–Kier alpha value is -4.62. The quantitative estimate of drug-likeness (QED) is 0.117. The van der Waals surface area contributed by atoms with E-state index < -0.39 is 12.6 Å². The summed E-state index contributed by atoms with van der Waals surface area (Å²) in [6.45, 7) is 1.41. The first-order chi connectivity index (χ1) is 19.8. The number of esters is 1. The molecular weight excluding hydrogens is 540 g/mol. The van der Waals surface area contributed by atoms with Crippen molar-refractivity contribution in [1.82, 2.24) is 4.98 Å². The maximum absolute atomic E-state index is 13.3. The number of carbonyl (C=O) groups excluding carboxylic acids is 4. The lowest BCUT2D eigenvalue weighted by atomic mass is 9.85. The Kier molecular flexibility index (Phi) is 6.97. The van der Waals surface area contributed by atoms with Crippen molar-refractivity contribution >= 4 is 51.8 Å². The second-order valence-electron chi connectivity index (χ2n) is 10.2. The molecule has 2 atom stereocenters. The smallest absolute Gasteiger partial charge is 0.339 e. The zero-order valence-corrected chi connectivity index (χ0v) is 22.9. The van der Waals surface area contributed by atoms with Crippen LogP contribution in [0.3, 0.4) is 0 Å². The molecule has 41 heavy (non-hydrogen) atoms. The van der Waals surface area contributed by atoms with Gasteiger partial charge in [-0.15, -0.1) is 0 Å². The van der Waals surface area contributed by atoms with E-state index in [1.54, 1.807) is 72.8 Å². The lowest BCUT2D eigenvalue weighted by Crippen LogP contribution is -2.30. The monoisotopic (exact) mass is 564 g/mol. The van der Waals surface area contributed by atoms with Crippen molar-refractivity contribution < 1.29 is 23.9 Å². The minimum Gasteiger partial charge on any atom is -0.454 e. The average molecular weight is 565 g/mol. The van der Waals surface area contributed by atoms with E-state index >= 15 is 0 Å². The number of Topliss-reactive ketones (excluding diaryl/α,β-unsaturated/α-hetero) is 1. The van der Waals surface area contributed by atoms with Gasteiger partial charge < -0.3 is 4.74 Å². The average Bonchev–Trinajstić information content (AvgIpc) is 3.27. The van der Waals surface area contributed by atoms with Crippen LogP contribution in [0, 0.1) is 18.8 Å². The molecule has 1 aliphatic heterocycles. The summed E-state index contributed by atoms with van der Waals surface area (Å²) in [4.78, 5) is 57.9. The van der Waals surface area contributed by atoms with Crippen LogP contribution in [-0.2, 0) is 14.3 Å². The third-order valence-corrected chi connectivity index (χ3v) is 8.16. The lowest BCUT2D eigenvalue weighted by Gasteiger charge is -2.16.